The van der Waals surface area contributed by atoms with Gasteiger partial charge in [0, 0.05) is 13.8 Å². The van der Waals surface area contributed by atoms with Crippen molar-refractivity contribution in [3.05, 3.63) is 0 Å². The topological polar surface area (TPSA) is 140 Å². The number of likely N-dealkylation sites (N-methyl/N-ethyl adjacent to an activating group) is 1. The lowest BCUT2D eigenvalue weighted by Gasteiger charge is -2.21. The highest BCUT2D eigenvalue weighted by Crippen LogP contribution is 2.35. The molecule has 0 aliphatic rings. The molecule has 3 N–H and O–H groups in total. The van der Waals surface area contributed by atoms with Crippen molar-refractivity contribution in [3.8, 4) is 0 Å². The first-order chi connectivity index (χ1) is 10.3. The molecule has 138 valence electrons. The van der Waals surface area contributed by atoms with Crippen LogP contribution in [0.1, 0.15) is 13.8 Å². The minimum atomic E-state index is -4.64. The molecule has 0 spiro atoms. The SMILES string of the molecule is CC(=O)OC[C@H](COP(=O)(O)O)OC(C)=O.C[N+](C)(C)CCO. The molecule has 0 fully saturated rings. The van der Waals surface area contributed by atoms with Crippen LogP contribution in [0.2, 0.25) is 0 Å². The van der Waals surface area contributed by atoms with E-state index in [0.717, 1.165) is 24.9 Å². The predicted octanol–water partition coefficient (Wildman–Crippen LogP) is -0.725. The van der Waals surface area contributed by atoms with Crippen molar-refractivity contribution in [3.63, 3.8) is 0 Å². The van der Waals surface area contributed by atoms with E-state index in [-0.39, 0.29) is 13.2 Å². The molecule has 0 aromatic heterocycles. The Bertz CT molecular complexity index is 402. The highest BCUT2D eigenvalue weighted by Gasteiger charge is 2.21. The Labute approximate surface area is 135 Å². The van der Waals surface area contributed by atoms with Crippen molar-refractivity contribution in [2.75, 3.05) is 47.5 Å². The average molecular weight is 360 g/mol. The lowest BCUT2D eigenvalue weighted by molar-refractivity contribution is -0.870. The molecule has 0 aromatic carbocycles. The summed E-state index contributed by atoms with van der Waals surface area (Å²) in [6.45, 7) is 2.49. The second-order valence-corrected chi connectivity index (χ2v) is 6.80. The normalized spacial score (nSPS) is 12.7. The summed E-state index contributed by atoms with van der Waals surface area (Å²) in [4.78, 5) is 37.9. The molecule has 0 rings (SSSR count). The lowest BCUT2D eigenvalue weighted by atomic mass is 10.4. The molecule has 1 atom stereocenters. The zero-order valence-corrected chi connectivity index (χ0v) is 15.0. The highest BCUT2D eigenvalue weighted by atomic mass is 31.2. The maximum Gasteiger partial charge on any atom is 0.469 e. The Balaban J connectivity index is 0. The number of nitrogens with zero attached hydrogens (tertiary/aromatic N) is 1. The van der Waals surface area contributed by atoms with Crippen LogP contribution < -0.4 is 0 Å². The third kappa shape index (κ3) is 23.4. The van der Waals surface area contributed by atoms with Gasteiger partial charge in [0.1, 0.15) is 13.2 Å². The van der Waals surface area contributed by atoms with Crippen LogP contribution in [0.5, 0.6) is 0 Å². The van der Waals surface area contributed by atoms with Crippen LogP contribution in [-0.2, 0) is 28.2 Å². The summed E-state index contributed by atoms with van der Waals surface area (Å²) in [7, 11) is 1.51. The fourth-order valence-corrected chi connectivity index (χ4v) is 1.40. The summed E-state index contributed by atoms with van der Waals surface area (Å²) in [6, 6.07) is 0. The third-order valence-corrected chi connectivity index (χ3v) is 2.49. The molecule has 0 unspecified atom stereocenters. The minimum Gasteiger partial charge on any atom is -0.462 e. The number of phosphoric acid groups is 1. The van der Waals surface area contributed by atoms with Gasteiger partial charge in [-0.25, -0.2) is 4.57 Å². The molecule has 10 nitrogen and oxygen atoms in total. The van der Waals surface area contributed by atoms with Gasteiger partial charge in [-0.2, -0.15) is 0 Å². The number of carbonyl (C=O) groups excluding carboxylic acids is 2. The van der Waals surface area contributed by atoms with Crippen LogP contribution in [0.4, 0.5) is 0 Å². The van der Waals surface area contributed by atoms with Gasteiger partial charge in [0.25, 0.3) is 0 Å². The number of ether oxygens (including phenoxy) is 2. The van der Waals surface area contributed by atoms with Gasteiger partial charge in [0.2, 0.25) is 0 Å². The van der Waals surface area contributed by atoms with Crippen molar-refractivity contribution in [2.24, 2.45) is 0 Å². The number of aliphatic hydroxyl groups is 1. The summed E-state index contributed by atoms with van der Waals surface area (Å²) in [5, 5.41) is 8.39. The molecule has 23 heavy (non-hydrogen) atoms. The van der Waals surface area contributed by atoms with E-state index in [1.807, 2.05) is 0 Å². The van der Waals surface area contributed by atoms with E-state index in [2.05, 4.69) is 35.1 Å². The first-order valence-electron chi connectivity index (χ1n) is 6.69. The average Bonchev–Trinajstić information content (AvgIpc) is 2.30. The van der Waals surface area contributed by atoms with Crippen LogP contribution in [-0.4, -0.2) is 84.9 Å². The smallest absolute Gasteiger partial charge is 0.462 e. The number of rotatable bonds is 8. The number of esters is 2. The van der Waals surface area contributed by atoms with Crippen molar-refractivity contribution in [2.45, 2.75) is 20.0 Å². The van der Waals surface area contributed by atoms with Gasteiger partial charge in [-0.05, 0) is 0 Å². The van der Waals surface area contributed by atoms with E-state index in [1.165, 1.54) is 0 Å². The van der Waals surface area contributed by atoms with E-state index >= 15 is 0 Å². The van der Waals surface area contributed by atoms with Crippen LogP contribution in [0.25, 0.3) is 0 Å². The Morgan fingerprint density at radius 2 is 1.61 bits per heavy atom. The maximum absolute atomic E-state index is 10.6. The largest absolute Gasteiger partial charge is 0.469 e. The van der Waals surface area contributed by atoms with Gasteiger partial charge in [0.05, 0.1) is 34.4 Å². The van der Waals surface area contributed by atoms with E-state index in [1.54, 1.807) is 0 Å². The zero-order chi connectivity index (χ0) is 18.7. The fourth-order valence-electron chi connectivity index (χ4n) is 1.04. The van der Waals surface area contributed by atoms with Crippen molar-refractivity contribution in [1.82, 2.24) is 0 Å². The van der Waals surface area contributed by atoms with Crippen LogP contribution >= 0.6 is 7.82 Å². The van der Waals surface area contributed by atoms with Crippen molar-refractivity contribution >= 4 is 19.8 Å². The van der Waals surface area contributed by atoms with Gasteiger partial charge in [0.15, 0.2) is 6.10 Å². The number of aliphatic hydroxyl groups excluding tert-OH is 1. The fraction of sp³-hybridized carbons (Fsp3) is 0.833. The molecule has 0 radical (unpaired) electrons. The Hall–Kier alpha value is -1.03. The highest BCUT2D eigenvalue weighted by molar-refractivity contribution is 7.46. The van der Waals surface area contributed by atoms with Gasteiger partial charge >= 0.3 is 19.8 Å². The summed E-state index contributed by atoms with van der Waals surface area (Å²) < 4.78 is 24.5. The van der Waals surface area contributed by atoms with E-state index in [4.69, 9.17) is 14.9 Å². The lowest BCUT2D eigenvalue weighted by Crippen LogP contribution is -2.36. The zero-order valence-electron chi connectivity index (χ0n) is 14.1. The van der Waals surface area contributed by atoms with Crippen LogP contribution in [0.15, 0.2) is 0 Å². The molecule has 0 saturated carbocycles. The second-order valence-electron chi connectivity index (χ2n) is 5.56. The van der Waals surface area contributed by atoms with Gasteiger partial charge < -0.3 is 28.9 Å². The number of phosphoric ester groups is 1. The standard InChI is InChI=1S/C7H13O8P.C5H14NO/c1-5(8)13-3-7(15-6(2)9)4-14-16(10,11)12;1-6(2,3)4-5-7/h7H,3-4H2,1-2H3,(H2,10,11,12);7H,4-5H2,1-3H3/q;+1/t7-;/m1./s1. The quantitative estimate of drug-likeness (QED) is 0.290. The molecule has 11 heteroatoms. The summed E-state index contributed by atoms with van der Waals surface area (Å²) in [5.41, 5.74) is 0. The predicted molar refractivity (Wildman–Crippen MR) is 80.2 cm³/mol. The molecular weight excluding hydrogens is 333 g/mol. The minimum absolute atomic E-state index is 0.281. The second kappa shape index (κ2) is 11.5. The monoisotopic (exact) mass is 360 g/mol. The summed E-state index contributed by atoms with van der Waals surface area (Å²) >= 11 is 0. The first-order valence-corrected chi connectivity index (χ1v) is 8.22. The van der Waals surface area contributed by atoms with Gasteiger partial charge in [-0.1, -0.05) is 0 Å². The number of quaternary nitrogens is 1. The Kier molecular flexibility index (Phi) is 12.1. The number of carbonyl (C=O) groups is 2. The number of hydrogen-bond acceptors (Lipinski definition) is 7. The molecule has 0 saturated heterocycles. The van der Waals surface area contributed by atoms with Crippen LogP contribution in [0, 0.1) is 0 Å². The van der Waals surface area contributed by atoms with Gasteiger partial charge in [-0.15, -0.1) is 0 Å². The molecule has 0 aromatic rings. The summed E-state index contributed by atoms with van der Waals surface area (Å²) in [5.74, 6) is -1.28. The molecule has 0 bridgehead atoms. The van der Waals surface area contributed by atoms with Crippen molar-refractivity contribution < 1.29 is 47.5 Å². The van der Waals surface area contributed by atoms with E-state index < -0.39 is 32.5 Å². The van der Waals surface area contributed by atoms with Gasteiger partial charge in [-0.3, -0.25) is 14.1 Å². The molecule has 0 aliphatic heterocycles. The molecule has 0 aliphatic carbocycles. The molecular formula is C12H27NO9P+. The van der Waals surface area contributed by atoms with E-state index in [9.17, 15) is 14.2 Å². The number of hydrogen-bond donors (Lipinski definition) is 3. The Morgan fingerprint density at radius 3 is 1.87 bits per heavy atom. The first kappa shape index (κ1) is 24.2. The molecule has 0 heterocycles. The maximum atomic E-state index is 10.6. The third-order valence-electron chi connectivity index (χ3n) is 2.00. The summed E-state index contributed by atoms with van der Waals surface area (Å²) in [6.07, 6.45) is -1.05. The van der Waals surface area contributed by atoms with Crippen LogP contribution in [0.3, 0.4) is 0 Å². The molecule has 0 amide bonds. The van der Waals surface area contributed by atoms with Crippen molar-refractivity contribution in [1.29, 1.82) is 0 Å². The Morgan fingerprint density at radius 1 is 1.09 bits per heavy atom. The van der Waals surface area contributed by atoms with E-state index in [0.29, 0.717) is 0 Å².